The molecule has 2 N–H and O–H groups in total. The molecule has 0 spiro atoms. The van der Waals surface area contributed by atoms with Gasteiger partial charge in [0.2, 0.25) is 0 Å². The average Bonchev–Trinajstić information content (AvgIpc) is 3.36. The molecule has 37 heavy (non-hydrogen) atoms. The largest absolute Gasteiger partial charge is 0.466 e. The highest BCUT2D eigenvalue weighted by atomic mass is 32.1. The number of benzene rings is 2. The summed E-state index contributed by atoms with van der Waals surface area (Å²) in [6.45, 7) is 3.59. The van der Waals surface area contributed by atoms with Crippen molar-refractivity contribution < 1.29 is 19.1 Å². The van der Waals surface area contributed by atoms with Gasteiger partial charge in [-0.25, -0.2) is 14.6 Å². The van der Waals surface area contributed by atoms with Gasteiger partial charge in [0.15, 0.2) is 5.13 Å². The van der Waals surface area contributed by atoms with Crippen molar-refractivity contribution in [3.63, 3.8) is 0 Å². The quantitative estimate of drug-likeness (QED) is 0.413. The zero-order chi connectivity index (χ0) is 26.7. The van der Waals surface area contributed by atoms with Crippen molar-refractivity contribution in [3.8, 4) is 11.3 Å². The summed E-state index contributed by atoms with van der Waals surface area (Å²) in [4.78, 5) is 32.3. The highest BCUT2D eigenvalue weighted by molar-refractivity contribution is 7.14. The van der Waals surface area contributed by atoms with Gasteiger partial charge >= 0.3 is 11.9 Å². The van der Waals surface area contributed by atoms with Crippen LogP contribution in [0.25, 0.3) is 11.3 Å². The van der Waals surface area contributed by atoms with Crippen molar-refractivity contribution in [2.24, 2.45) is 0 Å². The van der Waals surface area contributed by atoms with Crippen molar-refractivity contribution in [2.75, 3.05) is 38.5 Å². The Morgan fingerprint density at radius 2 is 1.59 bits per heavy atom. The molecule has 2 heterocycles. The molecule has 0 radical (unpaired) electrons. The number of hydrogen-bond acceptors (Lipinski definition) is 9. The Bertz CT molecular complexity index is 1350. The maximum atomic E-state index is 12.8. The first kappa shape index (κ1) is 26.0. The van der Waals surface area contributed by atoms with Crippen molar-refractivity contribution in [1.29, 1.82) is 0 Å². The number of dihydropyridines is 1. The Labute approximate surface area is 220 Å². The van der Waals surface area contributed by atoms with Gasteiger partial charge < -0.3 is 25.0 Å². The summed E-state index contributed by atoms with van der Waals surface area (Å²) in [5.74, 6) is -1.66. The molecule has 0 atom stereocenters. The standard InChI is InChI=1S/C28H30N4O4S/c1-16-23(26(33)35-5)25(24(17(2)29-16)27(34)36-6)19-8-7-9-20(14-19)30-28-31-22(15-37-28)18-10-12-21(13-11-18)32(3)4/h7-15,25,29H,1-6H3,(H,30,31). The number of aromatic nitrogens is 1. The molecule has 0 fully saturated rings. The van der Waals surface area contributed by atoms with E-state index in [4.69, 9.17) is 14.5 Å². The predicted molar refractivity (Wildman–Crippen MR) is 147 cm³/mol. The summed E-state index contributed by atoms with van der Waals surface area (Å²) in [5, 5.41) is 9.22. The number of allylic oxidation sites excluding steroid dienone is 2. The van der Waals surface area contributed by atoms with Gasteiger partial charge in [0, 0.05) is 47.8 Å². The van der Waals surface area contributed by atoms with Crippen LogP contribution in [0.5, 0.6) is 0 Å². The zero-order valence-electron chi connectivity index (χ0n) is 21.7. The second-order valence-corrected chi connectivity index (χ2v) is 9.71. The summed E-state index contributed by atoms with van der Waals surface area (Å²) < 4.78 is 10.1. The lowest BCUT2D eigenvalue weighted by molar-refractivity contribution is -0.137. The fraction of sp³-hybridized carbons (Fsp3) is 0.250. The Balaban J connectivity index is 1.66. The number of ether oxygens (including phenoxy) is 2. The molecule has 1 aliphatic rings. The van der Waals surface area contributed by atoms with Crippen LogP contribution in [-0.2, 0) is 19.1 Å². The topological polar surface area (TPSA) is 92.8 Å². The van der Waals surface area contributed by atoms with E-state index in [0.29, 0.717) is 22.5 Å². The van der Waals surface area contributed by atoms with E-state index in [9.17, 15) is 9.59 Å². The van der Waals surface area contributed by atoms with Gasteiger partial charge in [0.05, 0.1) is 37.0 Å². The third kappa shape index (κ3) is 5.36. The van der Waals surface area contributed by atoms with E-state index < -0.39 is 17.9 Å². The van der Waals surface area contributed by atoms with Crippen molar-refractivity contribution >= 4 is 39.8 Å². The van der Waals surface area contributed by atoms with Crippen LogP contribution in [0.3, 0.4) is 0 Å². The van der Waals surface area contributed by atoms with E-state index in [0.717, 1.165) is 33.3 Å². The van der Waals surface area contributed by atoms with Gasteiger partial charge in [-0.2, -0.15) is 0 Å². The molecular weight excluding hydrogens is 488 g/mol. The third-order valence-electron chi connectivity index (χ3n) is 6.23. The number of methoxy groups -OCH3 is 2. The van der Waals surface area contributed by atoms with Crippen molar-refractivity contribution in [3.05, 3.63) is 82.0 Å². The first-order valence-electron chi connectivity index (χ1n) is 11.7. The molecule has 2 aromatic carbocycles. The second kappa shape index (κ2) is 10.9. The number of rotatable bonds is 7. The molecule has 0 bridgehead atoms. The normalized spacial score (nSPS) is 13.8. The smallest absolute Gasteiger partial charge is 0.336 e. The molecule has 3 aromatic rings. The molecular formula is C28H30N4O4S. The Kier molecular flexibility index (Phi) is 7.63. The minimum atomic E-state index is -0.648. The molecule has 9 heteroatoms. The van der Waals surface area contributed by atoms with E-state index in [-0.39, 0.29) is 0 Å². The molecule has 0 unspecified atom stereocenters. The summed E-state index contributed by atoms with van der Waals surface area (Å²) in [6.07, 6.45) is 0. The minimum absolute atomic E-state index is 0.364. The van der Waals surface area contributed by atoms with E-state index in [1.807, 2.05) is 43.7 Å². The Hall–Kier alpha value is -4.11. The number of hydrogen-bond donors (Lipinski definition) is 2. The van der Waals surface area contributed by atoms with Crippen LogP contribution in [0.4, 0.5) is 16.5 Å². The van der Waals surface area contributed by atoms with Crippen molar-refractivity contribution in [1.82, 2.24) is 10.3 Å². The van der Waals surface area contributed by atoms with Gasteiger partial charge in [-0.3, -0.25) is 0 Å². The Morgan fingerprint density at radius 3 is 2.16 bits per heavy atom. The summed E-state index contributed by atoms with van der Waals surface area (Å²) >= 11 is 1.50. The second-order valence-electron chi connectivity index (χ2n) is 8.85. The monoisotopic (exact) mass is 518 g/mol. The lowest BCUT2D eigenvalue weighted by Crippen LogP contribution is -2.32. The zero-order valence-corrected chi connectivity index (χ0v) is 22.5. The minimum Gasteiger partial charge on any atom is -0.466 e. The Morgan fingerprint density at radius 1 is 0.973 bits per heavy atom. The number of carbonyl (C=O) groups excluding carboxylic acids is 2. The molecule has 192 valence electrons. The maximum absolute atomic E-state index is 12.8. The lowest BCUT2D eigenvalue weighted by atomic mass is 9.80. The van der Waals surface area contributed by atoms with Gasteiger partial charge in [0.1, 0.15) is 0 Å². The van der Waals surface area contributed by atoms with Crippen LogP contribution < -0.4 is 15.5 Å². The molecule has 0 saturated carbocycles. The molecule has 0 saturated heterocycles. The van der Waals surface area contributed by atoms with Crippen LogP contribution in [0.15, 0.2) is 76.5 Å². The van der Waals surface area contributed by atoms with Crippen LogP contribution in [0, 0.1) is 0 Å². The number of thiazole rings is 1. The molecule has 0 aliphatic carbocycles. The van der Waals surface area contributed by atoms with E-state index in [2.05, 4.69) is 39.8 Å². The van der Waals surface area contributed by atoms with Crippen LogP contribution in [-0.4, -0.2) is 45.2 Å². The van der Waals surface area contributed by atoms with E-state index in [1.165, 1.54) is 25.6 Å². The predicted octanol–water partition coefficient (Wildman–Crippen LogP) is 5.20. The van der Waals surface area contributed by atoms with Crippen LogP contribution in [0.1, 0.15) is 25.3 Å². The van der Waals surface area contributed by atoms with Gasteiger partial charge in [-0.1, -0.05) is 24.3 Å². The van der Waals surface area contributed by atoms with Gasteiger partial charge in [-0.15, -0.1) is 11.3 Å². The summed E-state index contributed by atoms with van der Waals surface area (Å²) in [6, 6.07) is 15.8. The maximum Gasteiger partial charge on any atom is 0.336 e. The average molecular weight is 519 g/mol. The highest BCUT2D eigenvalue weighted by Crippen LogP contribution is 2.40. The lowest BCUT2D eigenvalue weighted by Gasteiger charge is -2.30. The SMILES string of the molecule is COC(=O)C1=C(C)NC(C)=C(C(=O)OC)C1c1cccc(Nc2nc(-c3ccc(N(C)C)cc3)cs2)c1. The number of carbonyl (C=O) groups is 2. The van der Waals surface area contributed by atoms with Crippen LogP contribution >= 0.6 is 11.3 Å². The molecule has 1 aromatic heterocycles. The van der Waals surface area contributed by atoms with E-state index >= 15 is 0 Å². The highest BCUT2D eigenvalue weighted by Gasteiger charge is 2.37. The molecule has 4 rings (SSSR count). The number of nitrogens with zero attached hydrogens (tertiary/aromatic N) is 2. The number of anilines is 3. The molecule has 1 aliphatic heterocycles. The van der Waals surface area contributed by atoms with Crippen LogP contribution in [0.2, 0.25) is 0 Å². The fourth-order valence-electron chi connectivity index (χ4n) is 4.40. The number of nitrogens with one attached hydrogen (secondary N) is 2. The van der Waals surface area contributed by atoms with Gasteiger partial charge in [0.25, 0.3) is 0 Å². The summed E-state index contributed by atoms with van der Waals surface area (Å²) in [7, 11) is 6.67. The molecule has 8 nitrogen and oxygen atoms in total. The third-order valence-corrected chi connectivity index (χ3v) is 6.98. The van der Waals surface area contributed by atoms with Gasteiger partial charge in [-0.05, 0) is 43.7 Å². The first-order chi connectivity index (χ1) is 17.7. The van der Waals surface area contributed by atoms with Crippen molar-refractivity contribution in [2.45, 2.75) is 19.8 Å². The first-order valence-corrected chi connectivity index (χ1v) is 12.6. The summed E-state index contributed by atoms with van der Waals surface area (Å²) in [5.41, 5.74) is 6.56. The molecule has 0 amide bonds. The fourth-order valence-corrected chi connectivity index (χ4v) is 5.14. The number of esters is 2. The van der Waals surface area contributed by atoms with E-state index in [1.54, 1.807) is 13.8 Å².